The number of nitrogens with zero attached hydrogens (tertiary/aromatic N) is 1. The van der Waals surface area contributed by atoms with Crippen molar-refractivity contribution in [3.05, 3.63) is 101 Å². The van der Waals surface area contributed by atoms with Gasteiger partial charge < -0.3 is 20.1 Å². The van der Waals surface area contributed by atoms with Gasteiger partial charge in [-0.15, -0.1) is 0 Å². The molecule has 0 saturated carbocycles. The molecule has 2 N–H and O–H groups in total. The lowest BCUT2D eigenvalue weighted by Gasteiger charge is -2.32. The fourth-order valence-electron chi connectivity index (χ4n) is 4.32. The molecule has 7 nitrogen and oxygen atoms in total. The minimum Gasteiger partial charge on any atom is -0.493 e. The average molecular weight is 473 g/mol. The minimum atomic E-state index is -1.09. The molecule has 1 unspecified atom stereocenters. The zero-order chi connectivity index (χ0) is 24.6. The van der Waals surface area contributed by atoms with Gasteiger partial charge in [-0.2, -0.15) is 0 Å². The number of amides is 2. The summed E-state index contributed by atoms with van der Waals surface area (Å²) in [5.74, 6) is 0.985. The molecule has 0 spiro atoms. The van der Waals surface area contributed by atoms with Crippen LogP contribution >= 0.6 is 0 Å². The van der Waals surface area contributed by atoms with Gasteiger partial charge in [0.2, 0.25) is 0 Å². The maximum atomic E-state index is 12.7. The van der Waals surface area contributed by atoms with Gasteiger partial charge in [-0.05, 0) is 54.2 Å². The highest BCUT2D eigenvalue weighted by Gasteiger charge is 2.24. The largest absolute Gasteiger partial charge is 0.493 e. The monoisotopic (exact) mass is 472 g/mol. The second-order valence-corrected chi connectivity index (χ2v) is 8.65. The summed E-state index contributed by atoms with van der Waals surface area (Å²) in [6.07, 6.45) is 1.35. The number of carboxylic acid groups (broad SMARTS) is 1. The molecule has 4 rings (SSSR count). The SMILES string of the molecule is O=Cc1ccc(C(=O)N2CCC(COc3cccc(C(NC(=O)O)c4ccccc4)c3)CC2)cc1. The highest BCUT2D eigenvalue weighted by atomic mass is 16.5. The Labute approximate surface area is 204 Å². The Morgan fingerprint density at radius 3 is 2.31 bits per heavy atom. The fraction of sp³-hybridized carbons (Fsp3) is 0.250. The van der Waals surface area contributed by atoms with Gasteiger partial charge in [0, 0.05) is 24.2 Å². The van der Waals surface area contributed by atoms with Crippen molar-refractivity contribution < 1.29 is 24.2 Å². The number of carbonyl (C=O) groups excluding carboxylic acids is 2. The molecule has 2 amide bonds. The first-order chi connectivity index (χ1) is 17.0. The second-order valence-electron chi connectivity index (χ2n) is 8.65. The molecule has 1 aliphatic rings. The third kappa shape index (κ3) is 6.26. The Bertz CT molecular complexity index is 1160. The van der Waals surface area contributed by atoms with Crippen LogP contribution in [0.1, 0.15) is 50.7 Å². The predicted octanol–water partition coefficient (Wildman–Crippen LogP) is 4.79. The van der Waals surface area contributed by atoms with Gasteiger partial charge in [0.25, 0.3) is 5.91 Å². The van der Waals surface area contributed by atoms with Crippen LogP contribution in [0.5, 0.6) is 5.75 Å². The van der Waals surface area contributed by atoms with E-state index in [0.29, 0.717) is 42.5 Å². The standard InChI is InChI=1S/C28H28N2O5/c31-18-20-9-11-23(12-10-20)27(32)30-15-13-21(14-16-30)19-35-25-8-4-7-24(17-25)26(29-28(33)34)22-5-2-1-3-6-22/h1-12,17-18,21,26,29H,13-16,19H2,(H,33,34). The molecule has 0 bridgehead atoms. The Morgan fingerprint density at radius 1 is 0.971 bits per heavy atom. The molecule has 180 valence electrons. The molecule has 3 aromatic rings. The summed E-state index contributed by atoms with van der Waals surface area (Å²) in [5, 5.41) is 11.9. The topological polar surface area (TPSA) is 95.9 Å². The Kier molecular flexibility index (Phi) is 7.77. The number of likely N-dealkylation sites (tertiary alicyclic amines) is 1. The molecular formula is C28H28N2O5. The van der Waals surface area contributed by atoms with Crippen LogP contribution in [-0.4, -0.2) is 48.0 Å². The van der Waals surface area contributed by atoms with Gasteiger partial charge >= 0.3 is 6.09 Å². The molecule has 1 saturated heterocycles. The normalized spacial score (nSPS) is 14.7. The third-order valence-electron chi connectivity index (χ3n) is 6.27. The van der Waals surface area contributed by atoms with Crippen molar-refractivity contribution >= 4 is 18.3 Å². The number of carbonyl (C=O) groups is 3. The fourth-order valence-corrected chi connectivity index (χ4v) is 4.32. The first kappa shape index (κ1) is 24.0. The molecule has 3 aromatic carbocycles. The number of aldehydes is 1. The first-order valence-electron chi connectivity index (χ1n) is 11.6. The van der Waals surface area contributed by atoms with E-state index in [-0.39, 0.29) is 5.91 Å². The number of nitrogens with one attached hydrogen (secondary N) is 1. The van der Waals surface area contributed by atoms with Crippen molar-refractivity contribution in [1.82, 2.24) is 10.2 Å². The molecule has 0 radical (unpaired) electrons. The van der Waals surface area contributed by atoms with Crippen LogP contribution in [0.2, 0.25) is 0 Å². The average Bonchev–Trinajstić information content (AvgIpc) is 2.91. The van der Waals surface area contributed by atoms with E-state index in [9.17, 15) is 19.5 Å². The number of piperidine rings is 1. The van der Waals surface area contributed by atoms with Crippen molar-refractivity contribution in [2.24, 2.45) is 5.92 Å². The number of hydrogen-bond donors (Lipinski definition) is 2. The van der Waals surface area contributed by atoms with E-state index in [1.54, 1.807) is 24.3 Å². The van der Waals surface area contributed by atoms with E-state index < -0.39 is 12.1 Å². The summed E-state index contributed by atoms with van der Waals surface area (Å²) in [6, 6.07) is 23.1. The molecule has 1 aliphatic heterocycles. The maximum Gasteiger partial charge on any atom is 0.405 e. The number of hydrogen-bond acceptors (Lipinski definition) is 4. The van der Waals surface area contributed by atoms with Crippen LogP contribution in [-0.2, 0) is 0 Å². The molecule has 1 fully saturated rings. The zero-order valence-corrected chi connectivity index (χ0v) is 19.3. The Hall–Kier alpha value is -4.13. The molecule has 1 heterocycles. The van der Waals surface area contributed by atoms with Crippen molar-refractivity contribution in [2.75, 3.05) is 19.7 Å². The zero-order valence-electron chi connectivity index (χ0n) is 19.3. The Balaban J connectivity index is 1.33. The number of benzene rings is 3. The van der Waals surface area contributed by atoms with Crippen LogP contribution in [0.25, 0.3) is 0 Å². The number of rotatable bonds is 8. The van der Waals surface area contributed by atoms with Gasteiger partial charge in [0.05, 0.1) is 12.6 Å². The van der Waals surface area contributed by atoms with Crippen LogP contribution in [0.4, 0.5) is 4.79 Å². The van der Waals surface area contributed by atoms with E-state index >= 15 is 0 Å². The lowest BCUT2D eigenvalue weighted by atomic mass is 9.97. The van der Waals surface area contributed by atoms with Crippen molar-refractivity contribution in [3.63, 3.8) is 0 Å². The summed E-state index contributed by atoms with van der Waals surface area (Å²) >= 11 is 0. The highest BCUT2D eigenvalue weighted by Crippen LogP contribution is 2.27. The Morgan fingerprint density at radius 2 is 1.66 bits per heavy atom. The predicted molar refractivity (Wildman–Crippen MR) is 132 cm³/mol. The molecule has 0 aliphatic carbocycles. The van der Waals surface area contributed by atoms with Gasteiger partial charge in [-0.1, -0.05) is 54.6 Å². The highest BCUT2D eigenvalue weighted by molar-refractivity contribution is 5.94. The van der Waals surface area contributed by atoms with Gasteiger partial charge in [-0.3, -0.25) is 9.59 Å². The van der Waals surface area contributed by atoms with E-state index in [4.69, 9.17) is 4.74 Å². The smallest absolute Gasteiger partial charge is 0.405 e. The summed E-state index contributed by atoms with van der Waals surface area (Å²) in [5.41, 5.74) is 2.79. The van der Waals surface area contributed by atoms with Gasteiger partial charge in [-0.25, -0.2) is 4.79 Å². The molecule has 1 atom stereocenters. The van der Waals surface area contributed by atoms with E-state index in [0.717, 1.165) is 30.3 Å². The maximum absolute atomic E-state index is 12.7. The third-order valence-corrected chi connectivity index (χ3v) is 6.27. The van der Waals surface area contributed by atoms with Gasteiger partial charge in [0.15, 0.2) is 0 Å². The second kappa shape index (κ2) is 11.3. The first-order valence-corrected chi connectivity index (χ1v) is 11.6. The van der Waals surface area contributed by atoms with E-state index in [1.807, 2.05) is 59.5 Å². The van der Waals surface area contributed by atoms with Crippen LogP contribution in [0.15, 0.2) is 78.9 Å². The van der Waals surface area contributed by atoms with E-state index in [1.165, 1.54) is 0 Å². The summed E-state index contributed by atoms with van der Waals surface area (Å²) < 4.78 is 6.07. The lowest BCUT2D eigenvalue weighted by molar-refractivity contribution is 0.0660. The quantitative estimate of drug-likeness (QED) is 0.460. The molecule has 7 heteroatoms. The van der Waals surface area contributed by atoms with Crippen LogP contribution in [0, 0.1) is 5.92 Å². The van der Waals surface area contributed by atoms with Crippen LogP contribution < -0.4 is 10.1 Å². The summed E-state index contributed by atoms with van der Waals surface area (Å²) in [7, 11) is 0. The molecule has 35 heavy (non-hydrogen) atoms. The van der Waals surface area contributed by atoms with Gasteiger partial charge in [0.1, 0.15) is 12.0 Å². The van der Waals surface area contributed by atoms with Crippen molar-refractivity contribution in [3.8, 4) is 5.75 Å². The molecular weight excluding hydrogens is 444 g/mol. The molecule has 0 aromatic heterocycles. The lowest BCUT2D eigenvalue weighted by Crippen LogP contribution is -2.39. The van der Waals surface area contributed by atoms with E-state index in [2.05, 4.69) is 5.32 Å². The summed E-state index contributed by atoms with van der Waals surface area (Å²) in [4.78, 5) is 36.8. The van der Waals surface area contributed by atoms with Crippen LogP contribution in [0.3, 0.4) is 0 Å². The summed E-state index contributed by atoms with van der Waals surface area (Å²) in [6.45, 7) is 1.84. The van der Waals surface area contributed by atoms with Crippen molar-refractivity contribution in [2.45, 2.75) is 18.9 Å². The van der Waals surface area contributed by atoms with Crippen molar-refractivity contribution in [1.29, 1.82) is 0 Å². The number of ether oxygens (including phenoxy) is 1. The minimum absolute atomic E-state index is 0.0209.